The Hall–Kier alpha value is -3.09. The molecule has 1 saturated heterocycles. The standard InChI is InChI=1S/C27H30ClN3O3/c1-33-23-5-4-6-24(19-23)34-18-17-31(27(32)21-12-15-29-16-13-21)26(25-7-2-3-14-30-25)20-8-10-22(28)11-9-20/h2-11,14,19,21,26,29H,12-13,15-18H2,1H3/t26-/m0/s1. The Balaban J connectivity index is 1.63. The van der Waals surface area contributed by atoms with E-state index in [0.29, 0.717) is 23.9 Å². The number of carbonyl (C=O) groups is 1. The van der Waals surface area contributed by atoms with Gasteiger partial charge in [-0.25, -0.2) is 0 Å². The van der Waals surface area contributed by atoms with Gasteiger partial charge < -0.3 is 19.7 Å². The predicted molar refractivity (Wildman–Crippen MR) is 133 cm³/mol. The molecule has 4 rings (SSSR count). The fourth-order valence-electron chi connectivity index (χ4n) is 4.32. The average Bonchev–Trinajstić information content (AvgIpc) is 2.90. The summed E-state index contributed by atoms with van der Waals surface area (Å²) in [5.41, 5.74) is 1.78. The number of nitrogens with one attached hydrogen (secondary N) is 1. The first-order valence-electron chi connectivity index (χ1n) is 11.6. The third kappa shape index (κ3) is 6.07. The second-order valence-electron chi connectivity index (χ2n) is 8.29. The van der Waals surface area contributed by atoms with Gasteiger partial charge in [-0.05, 0) is 67.9 Å². The molecule has 178 valence electrons. The largest absolute Gasteiger partial charge is 0.497 e. The van der Waals surface area contributed by atoms with E-state index in [-0.39, 0.29) is 17.9 Å². The van der Waals surface area contributed by atoms with Crippen molar-refractivity contribution in [2.24, 2.45) is 5.92 Å². The van der Waals surface area contributed by atoms with Crippen LogP contribution in [0.25, 0.3) is 0 Å². The van der Waals surface area contributed by atoms with Gasteiger partial charge in [0, 0.05) is 23.2 Å². The van der Waals surface area contributed by atoms with Crippen LogP contribution in [-0.2, 0) is 4.79 Å². The van der Waals surface area contributed by atoms with Crippen LogP contribution in [0.4, 0.5) is 0 Å². The Morgan fingerprint density at radius 3 is 2.56 bits per heavy atom. The summed E-state index contributed by atoms with van der Waals surface area (Å²) in [5.74, 6) is 1.53. The summed E-state index contributed by atoms with van der Waals surface area (Å²) in [6.45, 7) is 2.46. The third-order valence-electron chi connectivity index (χ3n) is 6.08. The molecule has 1 N–H and O–H groups in total. The summed E-state index contributed by atoms with van der Waals surface area (Å²) in [7, 11) is 1.63. The molecule has 34 heavy (non-hydrogen) atoms. The number of hydrogen-bond donors (Lipinski definition) is 1. The number of amides is 1. The summed E-state index contributed by atoms with van der Waals surface area (Å²) < 4.78 is 11.3. The molecule has 1 aromatic heterocycles. The molecule has 0 saturated carbocycles. The van der Waals surface area contributed by atoms with E-state index >= 15 is 0 Å². The second-order valence-corrected chi connectivity index (χ2v) is 8.73. The van der Waals surface area contributed by atoms with E-state index in [9.17, 15) is 4.79 Å². The molecule has 7 heteroatoms. The second kappa shape index (κ2) is 11.9. The monoisotopic (exact) mass is 479 g/mol. The summed E-state index contributed by atoms with van der Waals surface area (Å²) in [6, 6.07) is 20.6. The predicted octanol–water partition coefficient (Wildman–Crippen LogP) is 4.74. The maximum Gasteiger partial charge on any atom is 0.226 e. The summed E-state index contributed by atoms with van der Waals surface area (Å²) in [6.07, 6.45) is 3.40. The molecule has 2 aromatic carbocycles. The van der Waals surface area contributed by atoms with Gasteiger partial charge in [0.25, 0.3) is 0 Å². The van der Waals surface area contributed by atoms with Crippen LogP contribution in [0.3, 0.4) is 0 Å². The minimum atomic E-state index is -0.338. The van der Waals surface area contributed by atoms with Gasteiger partial charge in [0.05, 0.1) is 25.4 Å². The molecule has 1 amide bonds. The molecular weight excluding hydrogens is 450 g/mol. The molecule has 1 aliphatic heterocycles. The topological polar surface area (TPSA) is 63.7 Å². The molecule has 0 aliphatic carbocycles. The molecular formula is C27H30ClN3O3. The Morgan fingerprint density at radius 2 is 1.85 bits per heavy atom. The number of methoxy groups -OCH3 is 1. The zero-order valence-corrected chi connectivity index (χ0v) is 20.1. The van der Waals surface area contributed by atoms with E-state index in [1.807, 2.05) is 71.6 Å². The zero-order chi connectivity index (χ0) is 23.8. The van der Waals surface area contributed by atoms with E-state index in [4.69, 9.17) is 21.1 Å². The van der Waals surface area contributed by atoms with Crippen LogP contribution < -0.4 is 14.8 Å². The number of carbonyl (C=O) groups excluding carboxylic acids is 1. The van der Waals surface area contributed by atoms with Gasteiger partial charge in [0.2, 0.25) is 5.91 Å². The van der Waals surface area contributed by atoms with E-state index in [2.05, 4.69) is 10.3 Å². The molecule has 1 fully saturated rings. The average molecular weight is 480 g/mol. The Kier molecular flexibility index (Phi) is 8.39. The molecule has 0 unspecified atom stereocenters. The van der Waals surface area contributed by atoms with Crippen molar-refractivity contribution in [3.8, 4) is 11.5 Å². The molecule has 3 aromatic rings. The van der Waals surface area contributed by atoms with Crippen LogP contribution >= 0.6 is 11.6 Å². The van der Waals surface area contributed by atoms with Crippen molar-refractivity contribution in [2.45, 2.75) is 18.9 Å². The smallest absolute Gasteiger partial charge is 0.226 e. The van der Waals surface area contributed by atoms with Crippen LogP contribution in [0.2, 0.25) is 5.02 Å². The number of aromatic nitrogens is 1. The van der Waals surface area contributed by atoms with Crippen molar-refractivity contribution >= 4 is 17.5 Å². The van der Waals surface area contributed by atoms with E-state index in [0.717, 1.165) is 42.9 Å². The van der Waals surface area contributed by atoms with Gasteiger partial charge >= 0.3 is 0 Å². The van der Waals surface area contributed by atoms with Crippen molar-refractivity contribution in [3.05, 3.63) is 89.2 Å². The number of halogens is 1. The number of nitrogens with zero attached hydrogens (tertiary/aromatic N) is 2. The number of piperidine rings is 1. The Bertz CT molecular complexity index is 1060. The van der Waals surface area contributed by atoms with E-state index in [1.54, 1.807) is 13.3 Å². The number of pyridine rings is 1. The first-order valence-corrected chi connectivity index (χ1v) is 12.0. The molecule has 1 aliphatic rings. The molecule has 0 spiro atoms. The van der Waals surface area contributed by atoms with Gasteiger partial charge in [-0.15, -0.1) is 0 Å². The van der Waals surface area contributed by atoms with Crippen molar-refractivity contribution in [2.75, 3.05) is 33.4 Å². The SMILES string of the molecule is COc1cccc(OCCN(C(=O)C2CCNCC2)[C@@H](c2ccc(Cl)cc2)c2ccccn2)c1. The summed E-state index contributed by atoms with van der Waals surface area (Å²) in [5, 5.41) is 4.00. The van der Waals surface area contributed by atoms with Gasteiger partial charge in [-0.3, -0.25) is 9.78 Å². The van der Waals surface area contributed by atoms with Crippen molar-refractivity contribution in [1.82, 2.24) is 15.2 Å². The van der Waals surface area contributed by atoms with Gasteiger partial charge in [0.15, 0.2) is 0 Å². The van der Waals surface area contributed by atoms with Gasteiger partial charge in [-0.2, -0.15) is 0 Å². The van der Waals surface area contributed by atoms with Crippen molar-refractivity contribution in [1.29, 1.82) is 0 Å². The van der Waals surface area contributed by atoms with Gasteiger partial charge in [0.1, 0.15) is 18.1 Å². The highest BCUT2D eigenvalue weighted by molar-refractivity contribution is 6.30. The Labute approximate surface area is 205 Å². The minimum absolute atomic E-state index is 0.0309. The maximum absolute atomic E-state index is 13.9. The lowest BCUT2D eigenvalue weighted by atomic mass is 9.93. The van der Waals surface area contributed by atoms with Crippen molar-refractivity contribution in [3.63, 3.8) is 0 Å². The molecule has 0 radical (unpaired) electrons. The first kappa shape index (κ1) is 24.0. The number of benzene rings is 2. The summed E-state index contributed by atoms with van der Waals surface area (Å²) >= 11 is 6.17. The van der Waals surface area contributed by atoms with Crippen LogP contribution in [0.1, 0.15) is 30.1 Å². The van der Waals surface area contributed by atoms with E-state index < -0.39 is 0 Å². The molecule has 1 atom stereocenters. The van der Waals surface area contributed by atoms with Gasteiger partial charge in [-0.1, -0.05) is 35.9 Å². The van der Waals surface area contributed by atoms with Crippen LogP contribution in [0.15, 0.2) is 72.9 Å². The third-order valence-corrected chi connectivity index (χ3v) is 6.33. The number of rotatable bonds is 9. The molecule has 6 nitrogen and oxygen atoms in total. The highest BCUT2D eigenvalue weighted by atomic mass is 35.5. The number of hydrogen-bond acceptors (Lipinski definition) is 5. The van der Waals surface area contributed by atoms with Crippen LogP contribution in [0, 0.1) is 5.92 Å². The molecule has 2 heterocycles. The van der Waals surface area contributed by atoms with Crippen molar-refractivity contribution < 1.29 is 14.3 Å². The summed E-state index contributed by atoms with van der Waals surface area (Å²) in [4.78, 5) is 20.4. The lowest BCUT2D eigenvalue weighted by Gasteiger charge is -2.35. The van der Waals surface area contributed by atoms with E-state index in [1.165, 1.54) is 0 Å². The lowest BCUT2D eigenvalue weighted by molar-refractivity contribution is -0.138. The van der Waals surface area contributed by atoms with Crippen LogP contribution in [-0.4, -0.2) is 49.1 Å². The highest BCUT2D eigenvalue weighted by Crippen LogP contribution is 2.31. The zero-order valence-electron chi connectivity index (χ0n) is 19.3. The first-order chi connectivity index (χ1) is 16.7. The fourth-order valence-corrected chi connectivity index (χ4v) is 4.44. The fraction of sp³-hybridized carbons (Fsp3) is 0.333. The molecule has 0 bridgehead atoms. The Morgan fingerprint density at radius 1 is 1.09 bits per heavy atom. The van der Waals surface area contributed by atoms with Crippen LogP contribution in [0.5, 0.6) is 11.5 Å². The quantitative estimate of drug-likeness (QED) is 0.480. The highest BCUT2D eigenvalue weighted by Gasteiger charge is 2.33. The normalized spacial score (nSPS) is 14.9. The number of ether oxygens (including phenoxy) is 2. The maximum atomic E-state index is 13.9. The minimum Gasteiger partial charge on any atom is -0.497 e. The lowest BCUT2D eigenvalue weighted by Crippen LogP contribution is -2.45.